The van der Waals surface area contributed by atoms with E-state index in [0.29, 0.717) is 12.0 Å². The van der Waals surface area contributed by atoms with Crippen LogP contribution in [-0.2, 0) is 4.43 Å². The molecule has 0 saturated carbocycles. The highest BCUT2D eigenvalue weighted by Gasteiger charge is 2.23. The fraction of sp³-hybridized carbons (Fsp3) is 1.00. The molecule has 0 aromatic rings. The van der Waals surface area contributed by atoms with Gasteiger partial charge in [0.25, 0.3) is 0 Å². The first-order valence-corrected chi connectivity index (χ1v) is 12.8. The quantitative estimate of drug-likeness (QED) is 0.596. The topological polar surface area (TPSA) is 9.23 Å². The van der Waals surface area contributed by atoms with Crippen molar-refractivity contribution in [2.45, 2.75) is 69.9 Å². The summed E-state index contributed by atoms with van der Waals surface area (Å²) >= 11 is 4.33. The van der Waals surface area contributed by atoms with Crippen molar-refractivity contribution in [3.05, 3.63) is 0 Å². The molecule has 0 aliphatic carbocycles. The Morgan fingerprint density at radius 1 is 1.17 bits per heavy atom. The first kappa shape index (κ1) is 16.9. The molecule has 0 aromatic heterocycles. The van der Waals surface area contributed by atoms with Gasteiger partial charge in [0.2, 0.25) is 0 Å². The highest BCUT2D eigenvalue weighted by atomic mass is 32.2. The van der Waals surface area contributed by atoms with Crippen LogP contribution >= 0.6 is 23.5 Å². The number of rotatable bonds is 7. The molecule has 1 aliphatic rings. The summed E-state index contributed by atoms with van der Waals surface area (Å²) in [5.41, 5.74) is 0. The van der Waals surface area contributed by atoms with Crippen LogP contribution in [0.2, 0.25) is 19.6 Å². The van der Waals surface area contributed by atoms with Crippen molar-refractivity contribution < 1.29 is 4.43 Å². The highest BCUT2D eigenvalue weighted by Crippen LogP contribution is 2.34. The average molecular weight is 307 g/mol. The molecular formula is C14H30OS2Si. The minimum Gasteiger partial charge on any atom is -0.414 e. The lowest BCUT2D eigenvalue weighted by Gasteiger charge is -2.30. The molecule has 1 rings (SSSR count). The third-order valence-electron chi connectivity index (χ3n) is 3.07. The molecule has 0 radical (unpaired) electrons. The summed E-state index contributed by atoms with van der Waals surface area (Å²) in [5, 5.41) is 0. The predicted molar refractivity (Wildman–Crippen MR) is 90.2 cm³/mol. The number of thioether (sulfide) groups is 2. The second-order valence-electron chi connectivity index (χ2n) is 6.47. The SMILES string of the molecule is CC(C)C(CCCC1SCCCS1)O[Si](C)(C)C. The predicted octanol–water partition coefficient (Wildman–Crippen LogP) is 5.23. The molecule has 18 heavy (non-hydrogen) atoms. The van der Waals surface area contributed by atoms with Gasteiger partial charge in [-0.25, -0.2) is 0 Å². The molecule has 1 aliphatic heterocycles. The molecule has 4 heteroatoms. The average Bonchev–Trinajstić information content (AvgIpc) is 2.27. The van der Waals surface area contributed by atoms with E-state index in [0.717, 1.165) is 4.58 Å². The standard InChI is InChI=1S/C14H30OS2Si/c1-12(2)13(15-18(3,4)5)8-6-9-14-16-10-7-11-17-14/h12-14H,6-11H2,1-5H3. The van der Waals surface area contributed by atoms with Gasteiger partial charge >= 0.3 is 0 Å². The van der Waals surface area contributed by atoms with Crippen LogP contribution in [0, 0.1) is 5.92 Å². The lowest BCUT2D eigenvalue weighted by atomic mass is 10.0. The maximum Gasteiger partial charge on any atom is 0.184 e. The highest BCUT2D eigenvalue weighted by molar-refractivity contribution is 8.17. The monoisotopic (exact) mass is 306 g/mol. The normalized spacial score (nSPS) is 20.3. The minimum absolute atomic E-state index is 0.482. The summed E-state index contributed by atoms with van der Waals surface area (Å²) in [5.74, 6) is 3.40. The van der Waals surface area contributed by atoms with Gasteiger partial charge in [-0.15, -0.1) is 23.5 Å². The van der Waals surface area contributed by atoms with Crippen LogP contribution in [0.1, 0.15) is 39.5 Å². The third-order valence-corrected chi connectivity index (χ3v) is 7.16. The van der Waals surface area contributed by atoms with Crippen molar-refractivity contribution in [2.75, 3.05) is 11.5 Å². The van der Waals surface area contributed by atoms with Crippen molar-refractivity contribution in [3.63, 3.8) is 0 Å². The van der Waals surface area contributed by atoms with Crippen LogP contribution in [0.25, 0.3) is 0 Å². The van der Waals surface area contributed by atoms with Crippen molar-refractivity contribution in [1.82, 2.24) is 0 Å². The van der Waals surface area contributed by atoms with Crippen molar-refractivity contribution in [1.29, 1.82) is 0 Å². The van der Waals surface area contributed by atoms with E-state index in [2.05, 4.69) is 57.0 Å². The lowest BCUT2D eigenvalue weighted by molar-refractivity contribution is 0.132. The largest absolute Gasteiger partial charge is 0.414 e. The van der Waals surface area contributed by atoms with Crippen LogP contribution in [0.15, 0.2) is 0 Å². The Morgan fingerprint density at radius 2 is 1.78 bits per heavy atom. The summed E-state index contributed by atoms with van der Waals surface area (Å²) in [7, 11) is -1.38. The fourth-order valence-corrected chi connectivity index (χ4v) is 6.43. The molecule has 1 fully saturated rings. The Bertz CT molecular complexity index is 222. The zero-order chi connectivity index (χ0) is 13.6. The number of hydrogen-bond acceptors (Lipinski definition) is 3. The summed E-state index contributed by atoms with van der Waals surface area (Å²) in [6.07, 6.45) is 5.83. The van der Waals surface area contributed by atoms with Crippen molar-refractivity contribution >= 4 is 31.8 Å². The molecular weight excluding hydrogens is 276 g/mol. The Labute approximate surface area is 123 Å². The maximum absolute atomic E-state index is 6.31. The van der Waals surface area contributed by atoms with Crippen LogP contribution < -0.4 is 0 Å². The van der Waals surface area contributed by atoms with E-state index in [4.69, 9.17) is 4.43 Å². The van der Waals surface area contributed by atoms with E-state index in [1.54, 1.807) is 0 Å². The maximum atomic E-state index is 6.31. The minimum atomic E-state index is -1.38. The first-order chi connectivity index (χ1) is 8.38. The molecule has 108 valence electrons. The lowest BCUT2D eigenvalue weighted by Crippen LogP contribution is -2.34. The second kappa shape index (κ2) is 8.23. The molecule has 1 heterocycles. The molecule has 1 unspecified atom stereocenters. The van der Waals surface area contributed by atoms with Gasteiger partial charge in [0.1, 0.15) is 0 Å². The molecule has 1 atom stereocenters. The first-order valence-electron chi connectivity index (χ1n) is 7.29. The van der Waals surface area contributed by atoms with E-state index < -0.39 is 8.32 Å². The van der Waals surface area contributed by atoms with E-state index >= 15 is 0 Å². The zero-order valence-electron chi connectivity index (χ0n) is 12.7. The third kappa shape index (κ3) is 7.46. The van der Waals surface area contributed by atoms with E-state index in [-0.39, 0.29) is 0 Å². The van der Waals surface area contributed by atoms with E-state index in [1.807, 2.05) is 0 Å². The van der Waals surface area contributed by atoms with Crippen LogP contribution in [0.3, 0.4) is 0 Å². The van der Waals surface area contributed by atoms with E-state index in [1.165, 1.54) is 37.2 Å². The van der Waals surface area contributed by atoms with Crippen molar-refractivity contribution in [2.24, 2.45) is 5.92 Å². The second-order valence-corrected chi connectivity index (χ2v) is 13.8. The summed E-state index contributed by atoms with van der Waals surface area (Å²) < 4.78 is 7.17. The van der Waals surface area contributed by atoms with Gasteiger partial charge in [0, 0.05) is 6.10 Å². The van der Waals surface area contributed by atoms with Crippen LogP contribution in [0.5, 0.6) is 0 Å². The molecule has 0 bridgehead atoms. The van der Waals surface area contributed by atoms with Crippen LogP contribution in [0.4, 0.5) is 0 Å². The van der Waals surface area contributed by atoms with Gasteiger partial charge in [-0.05, 0) is 62.7 Å². The number of hydrogen-bond donors (Lipinski definition) is 0. The summed E-state index contributed by atoms with van der Waals surface area (Å²) in [6.45, 7) is 11.5. The zero-order valence-corrected chi connectivity index (χ0v) is 15.3. The Balaban J connectivity index is 2.24. The van der Waals surface area contributed by atoms with Crippen LogP contribution in [-0.4, -0.2) is 30.5 Å². The fourth-order valence-electron chi connectivity index (χ4n) is 2.17. The Hall–Kier alpha value is 0.877. The molecule has 1 nitrogen and oxygen atoms in total. The van der Waals surface area contributed by atoms with Crippen molar-refractivity contribution in [3.8, 4) is 0 Å². The summed E-state index contributed by atoms with van der Waals surface area (Å²) in [4.78, 5) is 0. The van der Waals surface area contributed by atoms with Gasteiger partial charge < -0.3 is 4.43 Å². The summed E-state index contributed by atoms with van der Waals surface area (Å²) in [6, 6.07) is 0. The molecule has 0 N–H and O–H groups in total. The molecule has 0 aromatic carbocycles. The smallest absolute Gasteiger partial charge is 0.184 e. The molecule has 0 amide bonds. The van der Waals surface area contributed by atoms with Gasteiger partial charge in [0.05, 0.1) is 4.58 Å². The van der Waals surface area contributed by atoms with Gasteiger partial charge in [-0.3, -0.25) is 0 Å². The Morgan fingerprint density at radius 3 is 2.28 bits per heavy atom. The Kier molecular flexibility index (Phi) is 7.74. The van der Waals surface area contributed by atoms with Gasteiger partial charge in [-0.2, -0.15) is 0 Å². The van der Waals surface area contributed by atoms with E-state index in [9.17, 15) is 0 Å². The van der Waals surface area contributed by atoms with Gasteiger partial charge in [-0.1, -0.05) is 13.8 Å². The molecule has 1 saturated heterocycles. The van der Waals surface area contributed by atoms with Gasteiger partial charge in [0.15, 0.2) is 8.32 Å². The molecule has 0 spiro atoms.